The maximum absolute atomic E-state index is 5.98. The lowest BCUT2D eigenvalue weighted by atomic mass is 10.1. The highest BCUT2D eigenvalue weighted by molar-refractivity contribution is 6.30. The summed E-state index contributed by atoms with van der Waals surface area (Å²) in [5.41, 5.74) is 1.22. The van der Waals surface area contributed by atoms with Crippen LogP contribution in [-0.2, 0) is 13.0 Å². The largest absolute Gasteiger partial charge is 0.356 e. The van der Waals surface area contributed by atoms with E-state index in [-0.39, 0.29) is 0 Å². The summed E-state index contributed by atoms with van der Waals surface area (Å²) in [6, 6.07) is 7.93. The highest BCUT2D eigenvalue weighted by atomic mass is 35.5. The predicted octanol–water partition coefficient (Wildman–Crippen LogP) is 2.12. The van der Waals surface area contributed by atoms with Crippen LogP contribution in [0.25, 0.3) is 0 Å². The van der Waals surface area contributed by atoms with Gasteiger partial charge in [-0.2, -0.15) is 0 Å². The molecule has 0 saturated carbocycles. The van der Waals surface area contributed by atoms with Crippen LogP contribution in [0.5, 0.6) is 0 Å². The van der Waals surface area contributed by atoms with Crippen molar-refractivity contribution in [1.29, 1.82) is 0 Å². The van der Waals surface area contributed by atoms with Crippen LogP contribution in [0.15, 0.2) is 41.9 Å². The van der Waals surface area contributed by atoms with E-state index in [0.29, 0.717) is 0 Å². The number of halogens is 1. The van der Waals surface area contributed by atoms with Gasteiger partial charge in [0.2, 0.25) is 0 Å². The van der Waals surface area contributed by atoms with Gasteiger partial charge in [0.05, 0.1) is 0 Å². The topological polar surface area (TPSA) is 67.1 Å². The molecule has 0 saturated heterocycles. The molecule has 0 amide bonds. The minimum absolute atomic E-state index is 0.776. The van der Waals surface area contributed by atoms with Crippen molar-refractivity contribution in [3.8, 4) is 0 Å². The highest BCUT2D eigenvalue weighted by Gasteiger charge is 1.99. The first-order valence-electron chi connectivity index (χ1n) is 7.79. The van der Waals surface area contributed by atoms with Gasteiger partial charge in [-0.3, -0.25) is 4.99 Å². The van der Waals surface area contributed by atoms with E-state index in [1.165, 1.54) is 5.56 Å². The average Bonchev–Trinajstić information content (AvgIpc) is 3.06. The molecular formula is C16H23ClN6. The van der Waals surface area contributed by atoms with Crippen LogP contribution in [0, 0.1) is 0 Å². The van der Waals surface area contributed by atoms with Crippen molar-refractivity contribution in [2.45, 2.75) is 25.8 Å². The highest BCUT2D eigenvalue weighted by Crippen LogP contribution is 2.10. The van der Waals surface area contributed by atoms with Crippen molar-refractivity contribution < 1.29 is 0 Å². The number of benzene rings is 1. The van der Waals surface area contributed by atoms with Crippen LogP contribution >= 0.6 is 11.6 Å². The van der Waals surface area contributed by atoms with Crippen LogP contribution in [0.2, 0.25) is 5.02 Å². The normalized spacial score (nSPS) is 11.5. The number of aryl methyl sites for hydroxylation is 1. The van der Waals surface area contributed by atoms with Gasteiger partial charge in [-0.1, -0.05) is 23.7 Å². The molecule has 0 unspecified atom stereocenters. The van der Waals surface area contributed by atoms with Crippen molar-refractivity contribution in [1.82, 2.24) is 25.4 Å². The summed E-state index contributed by atoms with van der Waals surface area (Å²) >= 11 is 5.98. The lowest BCUT2D eigenvalue weighted by Gasteiger charge is -2.12. The van der Waals surface area contributed by atoms with Crippen LogP contribution < -0.4 is 10.6 Å². The van der Waals surface area contributed by atoms with Gasteiger partial charge in [-0.05, 0) is 37.0 Å². The molecule has 2 rings (SSSR count). The molecule has 0 spiro atoms. The first kappa shape index (κ1) is 17.3. The Morgan fingerprint density at radius 1 is 1.17 bits per heavy atom. The number of aliphatic imine (C=N–C) groups is 1. The first-order chi connectivity index (χ1) is 11.3. The summed E-state index contributed by atoms with van der Waals surface area (Å²) in [6.45, 7) is 2.65. The molecule has 1 aromatic heterocycles. The van der Waals surface area contributed by atoms with E-state index in [1.807, 2.05) is 22.8 Å². The lowest BCUT2D eigenvalue weighted by molar-refractivity contribution is 0.597. The molecule has 0 radical (unpaired) electrons. The van der Waals surface area contributed by atoms with E-state index in [0.717, 1.165) is 49.9 Å². The number of aromatic nitrogens is 3. The van der Waals surface area contributed by atoms with E-state index in [4.69, 9.17) is 11.6 Å². The van der Waals surface area contributed by atoms with E-state index < -0.39 is 0 Å². The predicted molar refractivity (Wildman–Crippen MR) is 93.8 cm³/mol. The van der Waals surface area contributed by atoms with Gasteiger partial charge in [0.15, 0.2) is 5.96 Å². The van der Waals surface area contributed by atoms with Crippen molar-refractivity contribution in [3.63, 3.8) is 0 Å². The molecule has 0 aliphatic heterocycles. The van der Waals surface area contributed by atoms with Gasteiger partial charge < -0.3 is 15.2 Å². The zero-order valence-electron chi connectivity index (χ0n) is 13.4. The number of nitrogens with one attached hydrogen (secondary N) is 2. The zero-order chi connectivity index (χ0) is 16.3. The third-order valence-electron chi connectivity index (χ3n) is 3.42. The SMILES string of the molecule is CN=C(NCCCCn1cnnc1)NCCc1cccc(Cl)c1. The van der Waals surface area contributed by atoms with Gasteiger partial charge in [0, 0.05) is 31.7 Å². The second-order valence-electron chi connectivity index (χ2n) is 5.21. The summed E-state index contributed by atoms with van der Waals surface area (Å²) in [6.07, 6.45) is 6.53. The second-order valence-corrected chi connectivity index (χ2v) is 5.65. The molecule has 124 valence electrons. The summed E-state index contributed by atoms with van der Waals surface area (Å²) in [7, 11) is 1.78. The zero-order valence-corrected chi connectivity index (χ0v) is 14.1. The van der Waals surface area contributed by atoms with Gasteiger partial charge in [0.1, 0.15) is 12.7 Å². The Balaban J connectivity index is 1.58. The van der Waals surface area contributed by atoms with Crippen LogP contribution in [-0.4, -0.2) is 40.9 Å². The van der Waals surface area contributed by atoms with E-state index in [2.05, 4.69) is 31.9 Å². The number of unbranched alkanes of at least 4 members (excludes halogenated alkanes) is 1. The number of guanidine groups is 1. The maximum atomic E-state index is 5.98. The smallest absolute Gasteiger partial charge is 0.190 e. The molecule has 2 N–H and O–H groups in total. The second kappa shape index (κ2) is 9.84. The van der Waals surface area contributed by atoms with Crippen molar-refractivity contribution in [2.75, 3.05) is 20.1 Å². The molecule has 23 heavy (non-hydrogen) atoms. The number of rotatable bonds is 8. The molecule has 6 nitrogen and oxygen atoms in total. The molecular weight excluding hydrogens is 312 g/mol. The Hall–Kier alpha value is -2.08. The molecule has 0 atom stereocenters. The summed E-state index contributed by atoms with van der Waals surface area (Å²) in [5, 5.41) is 15.0. The van der Waals surface area contributed by atoms with Crippen LogP contribution in [0.4, 0.5) is 0 Å². The standard InChI is InChI=1S/C16H23ClN6/c1-18-16(19-8-2-3-10-23-12-21-22-13-23)20-9-7-14-5-4-6-15(17)11-14/h4-6,11-13H,2-3,7-10H2,1H3,(H2,18,19,20). The minimum atomic E-state index is 0.776. The van der Waals surface area contributed by atoms with Gasteiger partial charge >= 0.3 is 0 Å². The van der Waals surface area contributed by atoms with Crippen LogP contribution in [0.3, 0.4) is 0 Å². The van der Waals surface area contributed by atoms with Crippen molar-refractivity contribution in [3.05, 3.63) is 47.5 Å². The first-order valence-corrected chi connectivity index (χ1v) is 8.17. The Bertz CT molecular complexity index is 596. The summed E-state index contributed by atoms with van der Waals surface area (Å²) < 4.78 is 1.98. The Morgan fingerprint density at radius 2 is 1.96 bits per heavy atom. The lowest BCUT2D eigenvalue weighted by Crippen LogP contribution is -2.38. The quantitative estimate of drug-likeness (QED) is 0.441. The average molecular weight is 335 g/mol. The van der Waals surface area contributed by atoms with Crippen molar-refractivity contribution in [2.24, 2.45) is 4.99 Å². The van der Waals surface area contributed by atoms with E-state index in [9.17, 15) is 0 Å². The Morgan fingerprint density at radius 3 is 2.70 bits per heavy atom. The summed E-state index contributed by atoms with van der Waals surface area (Å²) in [5.74, 6) is 0.830. The number of hydrogen-bond acceptors (Lipinski definition) is 3. The Labute approximate surface area is 142 Å². The van der Waals surface area contributed by atoms with E-state index in [1.54, 1.807) is 19.7 Å². The molecule has 0 fully saturated rings. The molecule has 1 heterocycles. The fraction of sp³-hybridized carbons (Fsp3) is 0.438. The fourth-order valence-corrected chi connectivity index (χ4v) is 2.41. The molecule has 2 aromatic rings. The summed E-state index contributed by atoms with van der Waals surface area (Å²) in [4.78, 5) is 4.23. The molecule has 0 aliphatic carbocycles. The third kappa shape index (κ3) is 6.69. The maximum Gasteiger partial charge on any atom is 0.190 e. The van der Waals surface area contributed by atoms with E-state index >= 15 is 0 Å². The molecule has 0 bridgehead atoms. The third-order valence-corrected chi connectivity index (χ3v) is 3.66. The van der Waals surface area contributed by atoms with Crippen molar-refractivity contribution >= 4 is 17.6 Å². The number of hydrogen-bond donors (Lipinski definition) is 2. The van der Waals surface area contributed by atoms with Gasteiger partial charge in [-0.15, -0.1) is 10.2 Å². The monoisotopic (exact) mass is 334 g/mol. The fourth-order valence-electron chi connectivity index (χ4n) is 2.20. The molecule has 0 aliphatic rings. The van der Waals surface area contributed by atoms with Gasteiger partial charge in [-0.25, -0.2) is 0 Å². The minimum Gasteiger partial charge on any atom is -0.356 e. The number of nitrogens with zero attached hydrogens (tertiary/aromatic N) is 4. The van der Waals surface area contributed by atoms with Crippen LogP contribution in [0.1, 0.15) is 18.4 Å². The van der Waals surface area contributed by atoms with Gasteiger partial charge in [0.25, 0.3) is 0 Å². The Kier molecular flexibility index (Phi) is 7.39. The molecule has 7 heteroatoms. The molecule has 1 aromatic carbocycles.